The monoisotopic (exact) mass is 165 g/mol. The first-order valence-electron chi connectivity index (χ1n) is 3.71. The summed E-state index contributed by atoms with van der Waals surface area (Å²) in [5, 5.41) is 9.12. The third-order valence-electron chi connectivity index (χ3n) is 1.36. The van der Waals surface area contributed by atoms with E-state index in [0.29, 0.717) is 18.1 Å². The van der Waals surface area contributed by atoms with Crippen molar-refractivity contribution in [1.29, 1.82) is 0 Å². The predicted molar refractivity (Wildman–Crippen MR) is 47.1 cm³/mol. The summed E-state index contributed by atoms with van der Waals surface area (Å²) in [5.41, 5.74) is 0.541. The fourth-order valence-electron chi connectivity index (χ4n) is 0.862. The van der Waals surface area contributed by atoms with Crippen molar-refractivity contribution in [2.45, 2.75) is 6.92 Å². The molecule has 0 atom stereocenters. The van der Waals surface area contributed by atoms with Crippen LogP contribution in [0.1, 0.15) is 12.5 Å². The van der Waals surface area contributed by atoms with Crippen LogP contribution in [0.25, 0.3) is 5.76 Å². The second-order valence-electron chi connectivity index (χ2n) is 2.24. The first-order chi connectivity index (χ1) is 5.75. The minimum Gasteiger partial charge on any atom is -0.508 e. The molecule has 0 saturated carbocycles. The highest BCUT2D eigenvalue weighted by molar-refractivity contribution is 5.60. The minimum absolute atomic E-state index is 0.0217. The zero-order valence-corrected chi connectivity index (χ0v) is 6.95. The molecule has 1 N–H and O–H groups in total. The molecule has 3 heteroatoms. The summed E-state index contributed by atoms with van der Waals surface area (Å²) >= 11 is 0. The molecule has 0 spiro atoms. The summed E-state index contributed by atoms with van der Waals surface area (Å²) in [6.07, 6.45) is 1.61. The highest BCUT2D eigenvalue weighted by Gasteiger charge is 2.05. The Kier molecular flexibility index (Phi) is 2.69. The fourth-order valence-corrected chi connectivity index (χ4v) is 0.862. The summed E-state index contributed by atoms with van der Waals surface area (Å²) in [7, 11) is 0. The summed E-state index contributed by atoms with van der Waals surface area (Å²) in [4.78, 5) is 3.95. The molecule has 0 aliphatic carbocycles. The minimum atomic E-state index is -0.0217. The van der Waals surface area contributed by atoms with Crippen LogP contribution in [0.5, 0.6) is 5.88 Å². The summed E-state index contributed by atoms with van der Waals surface area (Å²) in [6, 6.07) is 3.43. The number of ether oxygens (including phenoxy) is 1. The molecule has 0 unspecified atom stereocenters. The third-order valence-corrected chi connectivity index (χ3v) is 1.36. The van der Waals surface area contributed by atoms with Crippen molar-refractivity contribution in [3.63, 3.8) is 0 Å². The molecule has 64 valence electrons. The fraction of sp³-hybridized carbons (Fsp3) is 0.222. The van der Waals surface area contributed by atoms with Gasteiger partial charge in [-0.3, -0.25) is 0 Å². The molecule has 0 amide bonds. The molecule has 0 radical (unpaired) electrons. The maximum absolute atomic E-state index is 9.12. The SMILES string of the molecule is C=C(O)c1cccnc1OCC. The van der Waals surface area contributed by atoms with Crippen LogP contribution in [0.2, 0.25) is 0 Å². The average Bonchev–Trinajstić information content (AvgIpc) is 2.05. The van der Waals surface area contributed by atoms with Gasteiger partial charge >= 0.3 is 0 Å². The van der Waals surface area contributed by atoms with Crippen molar-refractivity contribution < 1.29 is 9.84 Å². The van der Waals surface area contributed by atoms with E-state index in [4.69, 9.17) is 9.84 Å². The van der Waals surface area contributed by atoms with E-state index < -0.39 is 0 Å². The zero-order valence-electron chi connectivity index (χ0n) is 6.95. The Labute approximate surface area is 71.3 Å². The highest BCUT2D eigenvalue weighted by Crippen LogP contribution is 2.19. The normalized spacial score (nSPS) is 9.42. The van der Waals surface area contributed by atoms with Crippen LogP contribution in [-0.2, 0) is 0 Å². The lowest BCUT2D eigenvalue weighted by molar-refractivity contribution is 0.323. The second-order valence-corrected chi connectivity index (χ2v) is 2.24. The summed E-state index contributed by atoms with van der Waals surface area (Å²) in [6.45, 7) is 5.79. The van der Waals surface area contributed by atoms with Crippen molar-refractivity contribution in [1.82, 2.24) is 4.98 Å². The molecule has 0 bridgehead atoms. The van der Waals surface area contributed by atoms with Gasteiger partial charge in [0.1, 0.15) is 5.76 Å². The van der Waals surface area contributed by atoms with Gasteiger partial charge in [-0.1, -0.05) is 6.58 Å². The molecule has 0 saturated heterocycles. The van der Waals surface area contributed by atoms with Crippen LogP contribution >= 0.6 is 0 Å². The Morgan fingerprint density at radius 3 is 3.08 bits per heavy atom. The van der Waals surface area contributed by atoms with Gasteiger partial charge in [-0.05, 0) is 19.1 Å². The van der Waals surface area contributed by atoms with Crippen molar-refractivity contribution in [2.75, 3.05) is 6.61 Å². The van der Waals surface area contributed by atoms with E-state index in [2.05, 4.69) is 11.6 Å². The number of aliphatic hydroxyl groups is 1. The molecule has 0 aliphatic rings. The molecular weight excluding hydrogens is 154 g/mol. The van der Waals surface area contributed by atoms with Crippen molar-refractivity contribution >= 4 is 5.76 Å². The van der Waals surface area contributed by atoms with Crippen molar-refractivity contribution in [3.05, 3.63) is 30.5 Å². The Hall–Kier alpha value is -1.51. The Bertz CT molecular complexity index is 284. The maximum atomic E-state index is 9.12. The van der Waals surface area contributed by atoms with Crippen LogP contribution in [0, 0.1) is 0 Å². The van der Waals surface area contributed by atoms with Crippen molar-refractivity contribution in [3.8, 4) is 5.88 Å². The lowest BCUT2D eigenvalue weighted by Gasteiger charge is -2.06. The first-order valence-corrected chi connectivity index (χ1v) is 3.71. The number of hydrogen-bond acceptors (Lipinski definition) is 3. The molecule has 0 fully saturated rings. The van der Waals surface area contributed by atoms with Crippen LogP contribution in [-0.4, -0.2) is 16.7 Å². The van der Waals surface area contributed by atoms with E-state index in [0.717, 1.165) is 0 Å². The second kappa shape index (κ2) is 3.76. The number of hydrogen-bond donors (Lipinski definition) is 1. The molecule has 1 heterocycles. The van der Waals surface area contributed by atoms with Gasteiger partial charge in [0.15, 0.2) is 0 Å². The van der Waals surface area contributed by atoms with Crippen LogP contribution in [0.3, 0.4) is 0 Å². The van der Waals surface area contributed by atoms with Gasteiger partial charge in [-0.25, -0.2) is 4.98 Å². The highest BCUT2D eigenvalue weighted by atomic mass is 16.5. The lowest BCUT2D eigenvalue weighted by Crippen LogP contribution is -1.97. The summed E-state index contributed by atoms with van der Waals surface area (Å²) in [5.74, 6) is 0.402. The van der Waals surface area contributed by atoms with Crippen LogP contribution in [0.15, 0.2) is 24.9 Å². The van der Waals surface area contributed by atoms with Crippen molar-refractivity contribution in [2.24, 2.45) is 0 Å². The molecule has 3 nitrogen and oxygen atoms in total. The molecular formula is C9H11NO2. The average molecular weight is 165 g/mol. The number of pyridine rings is 1. The molecule has 1 rings (SSSR count). The van der Waals surface area contributed by atoms with E-state index in [9.17, 15) is 0 Å². The smallest absolute Gasteiger partial charge is 0.224 e. The van der Waals surface area contributed by atoms with Gasteiger partial charge in [0.05, 0.1) is 12.2 Å². The number of aromatic nitrogens is 1. The Morgan fingerprint density at radius 2 is 2.50 bits per heavy atom. The van der Waals surface area contributed by atoms with E-state index in [1.807, 2.05) is 6.92 Å². The first kappa shape index (κ1) is 8.59. The maximum Gasteiger partial charge on any atom is 0.224 e. The van der Waals surface area contributed by atoms with Crippen LogP contribution in [0.4, 0.5) is 0 Å². The molecule has 0 aliphatic heterocycles. The third kappa shape index (κ3) is 1.75. The Morgan fingerprint density at radius 1 is 1.75 bits per heavy atom. The number of rotatable bonds is 3. The molecule has 1 aromatic rings. The molecule has 1 aromatic heterocycles. The van der Waals surface area contributed by atoms with Crippen LogP contribution < -0.4 is 4.74 Å². The van der Waals surface area contributed by atoms with Gasteiger partial charge < -0.3 is 9.84 Å². The van der Waals surface area contributed by atoms with Gasteiger partial charge in [-0.2, -0.15) is 0 Å². The molecule has 0 aromatic carbocycles. The van der Waals surface area contributed by atoms with Gasteiger partial charge in [0, 0.05) is 6.20 Å². The summed E-state index contributed by atoms with van der Waals surface area (Å²) < 4.78 is 5.17. The number of nitrogens with zero attached hydrogens (tertiary/aromatic N) is 1. The van der Waals surface area contributed by atoms with E-state index in [1.54, 1.807) is 18.3 Å². The predicted octanol–water partition coefficient (Wildman–Crippen LogP) is 2.01. The van der Waals surface area contributed by atoms with E-state index in [-0.39, 0.29) is 5.76 Å². The lowest BCUT2D eigenvalue weighted by atomic mass is 10.2. The molecule has 12 heavy (non-hydrogen) atoms. The van der Waals surface area contributed by atoms with E-state index in [1.165, 1.54) is 0 Å². The largest absolute Gasteiger partial charge is 0.508 e. The van der Waals surface area contributed by atoms with Gasteiger partial charge in [-0.15, -0.1) is 0 Å². The van der Waals surface area contributed by atoms with E-state index >= 15 is 0 Å². The van der Waals surface area contributed by atoms with Gasteiger partial charge in [0.2, 0.25) is 5.88 Å². The van der Waals surface area contributed by atoms with Gasteiger partial charge in [0.25, 0.3) is 0 Å². The quantitative estimate of drug-likeness (QED) is 0.696. The number of aliphatic hydroxyl groups excluding tert-OH is 1. The topological polar surface area (TPSA) is 42.4 Å². The standard InChI is InChI=1S/C9H11NO2/c1-3-12-9-8(7(2)11)5-4-6-10-9/h4-6,11H,2-3H2,1H3. The zero-order chi connectivity index (χ0) is 8.97. The Balaban J connectivity index is 3.00.